The molecule has 1 fully saturated rings. The highest BCUT2D eigenvalue weighted by atomic mass is 32.2. The second kappa shape index (κ2) is 2.73. The molecule has 1 unspecified atom stereocenters. The third kappa shape index (κ3) is 1.53. The van der Waals surface area contributed by atoms with Gasteiger partial charge in [-0.05, 0) is 6.42 Å². The van der Waals surface area contributed by atoms with Crippen molar-refractivity contribution in [3.63, 3.8) is 0 Å². The number of rotatable bonds is 1. The summed E-state index contributed by atoms with van der Waals surface area (Å²) in [6.07, 6.45) is 3.65. The predicted octanol–water partition coefficient (Wildman–Crippen LogP) is -0.464. The number of H-pyrrole nitrogens is 1. The van der Waals surface area contributed by atoms with Crippen molar-refractivity contribution in [2.45, 2.75) is 12.5 Å². The van der Waals surface area contributed by atoms with Gasteiger partial charge >= 0.3 is 5.69 Å². The van der Waals surface area contributed by atoms with Crippen LogP contribution in [-0.2, 0) is 9.84 Å². The zero-order valence-electron chi connectivity index (χ0n) is 6.93. The molecule has 5 nitrogen and oxygen atoms in total. The standard InChI is InChI=1S/C7H10N2O3S/c10-7-8-2-3-9(7)6-1-4-13(11,12)5-6/h2-3,6H,1,4-5H2,(H,8,10). The van der Waals surface area contributed by atoms with Crippen molar-refractivity contribution >= 4 is 9.84 Å². The van der Waals surface area contributed by atoms with Crippen LogP contribution in [0.15, 0.2) is 17.2 Å². The molecule has 0 saturated carbocycles. The molecule has 6 heteroatoms. The maximum absolute atomic E-state index is 11.1. The predicted molar refractivity (Wildman–Crippen MR) is 47.4 cm³/mol. The zero-order chi connectivity index (χ0) is 9.47. The van der Waals surface area contributed by atoms with Crippen molar-refractivity contribution < 1.29 is 8.42 Å². The van der Waals surface area contributed by atoms with Crippen LogP contribution in [0.2, 0.25) is 0 Å². The highest BCUT2D eigenvalue weighted by Crippen LogP contribution is 2.21. The van der Waals surface area contributed by atoms with E-state index in [0.717, 1.165) is 0 Å². The molecule has 0 bridgehead atoms. The first-order valence-corrected chi connectivity index (χ1v) is 5.86. The van der Waals surface area contributed by atoms with Crippen molar-refractivity contribution in [1.82, 2.24) is 9.55 Å². The van der Waals surface area contributed by atoms with Gasteiger partial charge in [0.15, 0.2) is 9.84 Å². The van der Waals surface area contributed by atoms with E-state index in [0.29, 0.717) is 6.42 Å². The number of aromatic nitrogens is 2. The average Bonchev–Trinajstić information content (AvgIpc) is 2.56. The summed E-state index contributed by atoms with van der Waals surface area (Å²) in [4.78, 5) is 13.6. The zero-order valence-corrected chi connectivity index (χ0v) is 7.75. The molecular formula is C7H10N2O3S. The molecule has 0 radical (unpaired) electrons. The Bertz CT molecular complexity index is 456. The minimum absolute atomic E-state index is 0.0881. The van der Waals surface area contributed by atoms with E-state index in [-0.39, 0.29) is 23.2 Å². The number of sulfone groups is 1. The van der Waals surface area contributed by atoms with Gasteiger partial charge in [-0.3, -0.25) is 4.57 Å². The number of hydrogen-bond donors (Lipinski definition) is 1. The molecule has 0 spiro atoms. The van der Waals surface area contributed by atoms with Crippen LogP contribution in [-0.4, -0.2) is 29.5 Å². The Hall–Kier alpha value is -1.04. The Labute approximate surface area is 75.3 Å². The van der Waals surface area contributed by atoms with Crippen LogP contribution in [0.3, 0.4) is 0 Å². The smallest absolute Gasteiger partial charge is 0.313 e. The molecule has 1 aromatic rings. The van der Waals surface area contributed by atoms with E-state index in [9.17, 15) is 13.2 Å². The monoisotopic (exact) mass is 202 g/mol. The molecule has 1 N–H and O–H groups in total. The number of aromatic amines is 1. The lowest BCUT2D eigenvalue weighted by molar-refractivity contribution is 0.540. The molecule has 0 amide bonds. The van der Waals surface area contributed by atoms with E-state index in [1.54, 1.807) is 6.20 Å². The van der Waals surface area contributed by atoms with Crippen LogP contribution in [0, 0.1) is 0 Å². The van der Waals surface area contributed by atoms with E-state index in [1.165, 1.54) is 10.8 Å². The molecule has 1 saturated heterocycles. The van der Waals surface area contributed by atoms with Crippen molar-refractivity contribution in [2.24, 2.45) is 0 Å². The molecule has 1 aliphatic rings. The van der Waals surface area contributed by atoms with Gasteiger partial charge in [0.2, 0.25) is 0 Å². The fourth-order valence-corrected chi connectivity index (χ4v) is 3.32. The quantitative estimate of drug-likeness (QED) is 0.669. The lowest BCUT2D eigenvalue weighted by atomic mass is 10.3. The van der Waals surface area contributed by atoms with Crippen molar-refractivity contribution in [3.8, 4) is 0 Å². The maximum atomic E-state index is 11.1. The molecule has 1 atom stereocenters. The van der Waals surface area contributed by atoms with Crippen molar-refractivity contribution in [2.75, 3.05) is 11.5 Å². The van der Waals surface area contributed by atoms with Crippen molar-refractivity contribution in [1.29, 1.82) is 0 Å². The molecule has 1 aromatic heterocycles. The average molecular weight is 202 g/mol. The van der Waals surface area contributed by atoms with Gasteiger partial charge in [-0.25, -0.2) is 13.2 Å². The first kappa shape index (κ1) is 8.55. The topological polar surface area (TPSA) is 71.9 Å². The summed E-state index contributed by atoms with van der Waals surface area (Å²) >= 11 is 0. The normalized spacial score (nSPS) is 26.3. The first-order valence-electron chi connectivity index (χ1n) is 4.04. The fraction of sp³-hybridized carbons (Fsp3) is 0.571. The second-order valence-corrected chi connectivity index (χ2v) is 5.46. The molecule has 0 aromatic carbocycles. The van der Waals surface area contributed by atoms with Gasteiger partial charge in [-0.2, -0.15) is 0 Å². The Kier molecular flexibility index (Phi) is 1.80. The first-order chi connectivity index (χ1) is 6.08. The van der Waals surface area contributed by atoms with Gasteiger partial charge in [-0.15, -0.1) is 0 Å². The summed E-state index contributed by atoms with van der Waals surface area (Å²) < 4.78 is 23.7. The summed E-state index contributed by atoms with van der Waals surface area (Å²) in [5, 5.41) is 0. The molecule has 1 aliphatic heterocycles. The van der Waals surface area contributed by atoms with Gasteiger partial charge in [0.05, 0.1) is 17.5 Å². The highest BCUT2D eigenvalue weighted by Gasteiger charge is 2.29. The summed E-state index contributed by atoms with van der Waals surface area (Å²) in [5.41, 5.74) is -0.234. The molecule has 13 heavy (non-hydrogen) atoms. The molecule has 2 rings (SSSR count). The number of hydrogen-bond acceptors (Lipinski definition) is 3. The van der Waals surface area contributed by atoms with Gasteiger partial charge in [-0.1, -0.05) is 0 Å². The minimum Gasteiger partial charge on any atom is -0.313 e. The Balaban J connectivity index is 2.32. The van der Waals surface area contributed by atoms with E-state index < -0.39 is 9.84 Å². The van der Waals surface area contributed by atoms with E-state index >= 15 is 0 Å². The van der Waals surface area contributed by atoms with Gasteiger partial charge < -0.3 is 4.98 Å². The SMILES string of the molecule is O=c1[nH]ccn1C1CCS(=O)(=O)C1. The molecular weight excluding hydrogens is 192 g/mol. The number of nitrogens with one attached hydrogen (secondary N) is 1. The van der Waals surface area contributed by atoms with Crippen LogP contribution in [0.25, 0.3) is 0 Å². The molecule has 0 aliphatic carbocycles. The summed E-state index contributed by atoms with van der Waals surface area (Å²) in [7, 11) is -2.91. The second-order valence-electron chi connectivity index (χ2n) is 3.23. The number of imidazole rings is 1. The van der Waals surface area contributed by atoms with Crippen LogP contribution < -0.4 is 5.69 Å². The third-order valence-electron chi connectivity index (χ3n) is 2.28. The highest BCUT2D eigenvalue weighted by molar-refractivity contribution is 7.91. The van der Waals surface area contributed by atoms with E-state index in [4.69, 9.17) is 0 Å². The van der Waals surface area contributed by atoms with Crippen LogP contribution in [0.5, 0.6) is 0 Å². The number of nitrogens with zero attached hydrogens (tertiary/aromatic N) is 1. The van der Waals surface area contributed by atoms with Crippen LogP contribution in [0.4, 0.5) is 0 Å². The molecule has 2 heterocycles. The van der Waals surface area contributed by atoms with Gasteiger partial charge in [0.25, 0.3) is 0 Å². The maximum Gasteiger partial charge on any atom is 0.325 e. The minimum atomic E-state index is -2.91. The lowest BCUT2D eigenvalue weighted by Gasteiger charge is -2.06. The fourth-order valence-electron chi connectivity index (χ4n) is 1.61. The summed E-state index contributed by atoms with van der Waals surface area (Å²) in [5.74, 6) is 0.278. The van der Waals surface area contributed by atoms with Crippen LogP contribution >= 0.6 is 0 Å². The Morgan fingerprint density at radius 1 is 1.54 bits per heavy atom. The largest absolute Gasteiger partial charge is 0.325 e. The summed E-state index contributed by atoms with van der Waals surface area (Å²) in [6.45, 7) is 0. The third-order valence-corrected chi connectivity index (χ3v) is 4.03. The Morgan fingerprint density at radius 2 is 2.31 bits per heavy atom. The van der Waals surface area contributed by atoms with Gasteiger partial charge in [0.1, 0.15) is 0 Å². The van der Waals surface area contributed by atoms with Crippen LogP contribution in [0.1, 0.15) is 12.5 Å². The Morgan fingerprint density at radius 3 is 2.77 bits per heavy atom. The van der Waals surface area contributed by atoms with Gasteiger partial charge in [0, 0.05) is 12.4 Å². The van der Waals surface area contributed by atoms with Crippen molar-refractivity contribution in [3.05, 3.63) is 22.9 Å². The van der Waals surface area contributed by atoms with E-state index in [1.807, 2.05) is 0 Å². The van der Waals surface area contributed by atoms with E-state index in [2.05, 4.69) is 4.98 Å². The molecule has 72 valence electrons. The lowest BCUT2D eigenvalue weighted by Crippen LogP contribution is -2.22. The summed E-state index contributed by atoms with van der Waals surface area (Å²) in [6, 6.07) is -0.177.